The molecule has 2 heterocycles. The normalized spacial score (nSPS) is 14.9. The van der Waals surface area contributed by atoms with Gasteiger partial charge in [0.2, 0.25) is 0 Å². The lowest BCUT2D eigenvalue weighted by Crippen LogP contribution is -2.44. The van der Waals surface area contributed by atoms with E-state index < -0.39 is 0 Å². The smallest absolute Gasteiger partial charge is 0.267 e. The average molecular weight is 423 g/mol. The summed E-state index contributed by atoms with van der Waals surface area (Å²) < 4.78 is 0.985. The van der Waals surface area contributed by atoms with Crippen LogP contribution in [0, 0.1) is 11.3 Å². The molecule has 4 rings (SSSR count). The van der Waals surface area contributed by atoms with Gasteiger partial charge < -0.3 is 15.2 Å². The van der Waals surface area contributed by atoms with Gasteiger partial charge in [0.05, 0.1) is 11.6 Å². The topological polar surface area (TPSA) is 71.9 Å². The first kappa shape index (κ1) is 17.6. The standard InChI is InChI=1S/C21H19BrN4O/c22-16-4-3-15-11-20(25-19(15)12-16)21(27)24-17-7-9-26(10-8-17)18-5-1-14(13-23)2-6-18/h1-6,11-12,17,25H,7-10H2,(H,24,27). The fourth-order valence-electron chi connectivity index (χ4n) is 3.51. The Hall–Kier alpha value is -2.78. The summed E-state index contributed by atoms with van der Waals surface area (Å²) >= 11 is 3.45. The molecule has 1 fully saturated rings. The van der Waals surface area contributed by atoms with Crippen molar-refractivity contribution in [3.8, 4) is 6.07 Å². The minimum Gasteiger partial charge on any atom is -0.371 e. The Balaban J connectivity index is 1.36. The average Bonchev–Trinajstić information content (AvgIpc) is 3.12. The first-order chi connectivity index (χ1) is 13.1. The number of H-pyrrole nitrogens is 1. The number of carbonyl (C=O) groups excluding carboxylic acids is 1. The van der Waals surface area contributed by atoms with Crippen molar-refractivity contribution in [1.29, 1.82) is 5.26 Å². The minimum atomic E-state index is -0.0563. The molecule has 0 aliphatic carbocycles. The number of halogens is 1. The SMILES string of the molecule is N#Cc1ccc(N2CCC(NC(=O)c3cc4ccc(Br)cc4[nH]3)CC2)cc1. The molecule has 1 saturated heterocycles. The predicted octanol–water partition coefficient (Wildman–Crippen LogP) is 4.20. The molecule has 0 unspecified atom stereocenters. The summed E-state index contributed by atoms with van der Waals surface area (Å²) in [5, 5.41) is 13.1. The van der Waals surface area contributed by atoms with Crippen LogP contribution in [-0.2, 0) is 0 Å². The van der Waals surface area contributed by atoms with Gasteiger partial charge in [0, 0.05) is 40.2 Å². The number of carbonyl (C=O) groups is 1. The van der Waals surface area contributed by atoms with Crippen molar-refractivity contribution in [2.45, 2.75) is 18.9 Å². The van der Waals surface area contributed by atoms with Gasteiger partial charge in [-0.05, 0) is 55.3 Å². The fourth-order valence-corrected chi connectivity index (χ4v) is 3.87. The maximum Gasteiger partial charge on any atom is 0.267 e. The van der Waals surface area contributed by atoms with E-state index in [9.17, 15) is 4.79 Å². The highest BCUT2D eigenvalue weighted by Gasteiger charge is 2.22. The van der Waals surface area contributed by atoms with Gasteiger partial charge in [-0.25, -0.2) is 0 Å². The molecule has 1 amide bonds. The third-order valence-electron chi connectivity index (χ3n) is 5.02. The molecule has 1 aliphatic heterocycles. The van der Waals surface area contributed by atoms with Crippen molar-refractivity contribution in [2.75, 3.05) is 18.0 Å². The van der Waals surface area contributed by atoms with Crippen LogP contribution in [0.15, 0.2) is 53.0 Å². The number of amides is 1. The number of piperidine rings is 1. The summed E-state index contributed by atoms with van der Waals surface area (Å²) in [6, 6.07) is 17.8. The number of hydrogen-bond donors (Lipinski definition) is 2. The van der Waals surface area contributed by atoms with E-state index >= 15 is 0 Å². The number of hydrogen-bond acceptors (Lipinski definition) is 3. The number of aromatic nitrogens is 1. The van der Waals surface area contributed by atoms with Crippen LogP contribution in [0.1, 0.15) is 28.9 Å². The second kappa shape index (κ2) is 7.45. The zero-order valence-corrected chi connectivity index (χ0v) is 16.3. The highest BCUT2D eigenvalue weighted by Crippen LogP contribution is 2.22. The third-order valence-corrected chi connectivity index (χ3v) is 5.51. The largest absolute Gasteiger partial charge is 0.371 e. The highest BCUT2D eigenvalue weighted by molar-refractivity contribution is 9.10. The summed E-state index contributed by atoms with van der Waals surface area (Å²) in [5.74, 6) is -0.0563. The van der Waals surface area contributed by atoms with E-state index in [1.54, 1.807) is 0 Å². The fraction of sp³-hybridized carbons (Fsp3) is 0.238. The minimum absolute atomic E-state index is 0.0563. The lowest BCUT2D eigenvalue weighted by atomic mass is 10.0. The molecule has 136 valence electrons. The van der Waals surface area contributed by atoms with Gasteiger partial charge in [-0.1, -0.05) is 22.0 Å². The Kier molecular flexibility index (Phi) is 4.87. The Morgan fingerprint density at radius 1 is 1.15 bits per heavy atom. The maximum atomic E-state index is 12.6. The van der Waals surface area contributed by atoms with Crippen molar-refractivity contribution in [3.63, 3.8) is 0 Å². The van der Waals surface area contributed by atoms with Crippen molar-refractivity contribution in [1.82, 2.24) is 10.3 Å². The summed E-state index contributed by atoms with van der Waals surface area (Å²) in [6.45, 7) is 1.77. The summed E-state index contributed by atoms with van der Waals surface area (Å²) in [5.41, 5.74) is 3.34. The van der Waals surface area contributed by atoms with E-state index in [1.165, 1.54) is 0 Å². The number of fused-ring (bicyclic) bond motifs is 1. The molecule has 3 aromatic rings. The summed E-state index contributed by atoms with van der Waals surface area (Å²) in [6.07, 6.45) is 1.80. The van der Waals surface area contributed by atoms with Crippen LogP contribution in [0.4, 0.5) is 5.69 Å². The zero-order chi connectivity index (χ0) is 18.8. The van der Waals surface area contributed by atoms with Crippen molar-refractivity contribution >= 4 is 38.4 Å². The number of aromatic amines is 1. The number of benzene rings is 2. The second-order valence-electron chi connectivity index (χ2n) is 6.81. The van der Waals surface area contributed by atoms with Crippen molar-refractivity contribution in [3.05, 3.63) is 64.3 Å². The molecular weight excluding hydrogens is 404 g/mol. The van der Waals surface area contributed by atoms with Gasteiger partial charge in [-0.3, -0.25) is 4.79 Å². The van der Waals surface area contributed by atoms with Crippen LogP contribution in [0.25, 0.3) is 10.9 Å². The molecule has 1 aromatic heterocycles. The Morgan fingerprint density at radius 2 is 1.89 bits per heavy atom. The van der Waals surface area contributed by atoms with Gasteiger partial charge in [-0.2, -0.15) is 5.26 Å². The Morgan fingerprint density at radius 3 is 2.59 bits per heavy atom. The number of nitrogens with one attached hydrogen (secondary N) is 2. The number of nitrogens with zero attached hydrogens (tertiary/aromatic N) is 2. The molecule has 27 heavy (non-hydrogen) atoms. The summed E-state index contributed by atoms with van der Waals surface area (Å²) in [4.78, 5) is 18.1. The molecule has 6 heteroatoms. The maximum absolute atomic E-state index is 12.6. The molecule has 0 bridgehead atoms. The number of nitriles is 1. The molecule has 0 saturated carbocycles. The quantitative estimate of drug-likeness (QED) is 0.663. The van der Waals surface area contributed by atoms with Crippen LogP contribution in [0.3, 0.4) is 0 Å². The van der Waals surface area contributed by atoms with Gasteiger partial charge in [-0.15, -0.1) is 0 Å². The van der Waals surface area contributed by atoms with E-state index in [2.05, 4.69) is 37.2 Å². The van der Waals surface area contributed by atoms with Crippen molar-refractivity contribution in [2.24, 2.45) is 0 Å². The van der Waals surface area contributed by atoms with Crippen LogP contribution in [0.5, 0.6) is 0 Å². The van der Waals surface area contributed by atoms with E-state index in [1.807, 2.05) is 48.5 Å². The predicted molar refractivity (Wildman–Crippen MR) is 110 cm³/mol. The molecule has 0 spiro atoms. The number of anilines is 1. The van der Waals surface area contributed by atoms with Crippen molar-refractivity contribution < 1.29 is 4.79 Å². The monoisotopic (exact) mass is 422 g/mol. The molecule has 1 aliphatic rings. The lowest BCUT2D eigenvalue weighted by molar-refractivity contribution is 0.0927. The molecule has 0 atom stereocenters. The second-order valence-corrected chi connectivity index (χ2v) is 7.72. The zero-order valence-electron chi connectivity index (χ0n) is 14.7. The molecule has 0 radical (unpaired) electrons. The van der Waals surface area contributed by atoms with E-state index in [4.69, 9.17) is 5.26 Å². The molecular formula is C21H19BrN4O. The van der Waals surface area contributed by atoms with E-state index in [-0.39, 0.29) is 11.9 Å². The van der Waals surface area contributed by atoms with Crippen LogP contribution < -0.4 is 10.2 Å². The first-order valence-corrected chi connectivity index (χ1v) is 9.76. The van der Waals surface area contributed by atoms with E-state index in [0.717, 1.165) is 47.0 Å². The Labute approximate surface area is 166 Å². The van der Waals surface area contributed by atoms with Gasteiger partial charge in [0.25, 0.3) is 5.91 Å². The van der Waals surface area contributed by atoms with Crippen LogP contribution in [0.2, 0.25) is 0 Å². The van der Waals surface area contributed by atoms with Gasteiger partial charge in [0.15, 0.2) is 0 Å². The molecule has 5 nitrogen and oxygen atoms in total. The summed E-state index contributed by atoms with van der Waals surface area (Å²) in [7, 11) is 0. The van der Waals surface area contributed by atoms with Crippen LogP contribution in [-0.4, -0.2) is 30.0 Å². The third kappa shape index (κ3) is 3.83. The van der Waals surface area contributed by atoms with E-state index in [0.29, 0.717) is 11.3 Å². The molecule has 2 aromatic carbocycles. The lowest BCUT2D eigenvalue weighted by Gasteiger charge is -2.34. The molecule has 2 N–H and O–H groups in total. The van der Waals surface area contributed by atoms with Gasteiger partial charge >= 0.3 is 0 Å². The Bertz CT molecular complexity index is 1010. The number of rotatable bonds is 3. The highest BCUT2D eigenvalue weighted by atomic mass is 79.9. The van der Waals surface area contributed by atoms with Gasteiger partial charge in [0.1, 0.15) is 5.69 Å². The van der Waals surface area contributed by atoms with Crippen LogP contribution >= 0.6 is 15.9 Å². The first-order valence-electron chi connectivity index (χ1n) is 8.96.